The SMILES string of the molecule is C[C@@]1(O)[C@H](O)[C@@H](CO)O[C@]1(n1cnc2c(=O)[nH]c(N)nc21)S(=O)(=O)O.O=[N+]([O-])c1ccccc1. The Kier molecular flexibility index (Phi) is 6.44. The molecule has 1 aliphatic heterocycles. The summed E-state index contributed by atoms with van der Waals surface area (Å²) in [6.07, 6.45) is -2.69. The van der Waals surface area contributed by atoms with Gasteiger partial charge in [0.2, 0.25) is 5.95 Å². The van der Waals surface area contributed by atoms with Crippen LogP contribution in [0.25, 0.3) is 11.2 Å². The van der Waals surface area contributed by atoms with Crippen LogP contribution >= 0.6 is 0 Å². The molecule has 0 bridgehead atoms. The lowest BCUT2D eigenvalue weighted by atomic mass is 9.96. The molecule has 34 heavy (non-hydrogen) atoms. The average Bonchev–Trinajstić information content (AvgIpc) is 3.26. The van der Waals surface area contributed by atoms with Crippen molar-refractivity contribution in [3.05, 3.63) is 57.1 Å². The lowest BCUT2D eigenvalue weighted by Crippen LogP contribution is -2.59. The number of benzene rings is 1. The van der Waals surface area contributed by atoms with E-state index >= 15 is 0 Å². The van der Waals surface area contributed by atoms with E-state index in [1.165, 1.54) is 12.1 Å². The van der Waals surface area contributed by atoms with E-state index in [4.69, 9.17) is 10.5 Å². The lowest BCUT2D eigenvalue weighted by molar-refractivity contribution is -0.384. The van der Waals surface area contributed by atoms with Crippen LogP contribution in [-0.2, 0) is 19.9 Å². The number of imidazole rings is 1. The van der Waals surface area contributed by atoms with Gasteiger partial charge in [-0.2, -0.15) is 13.4 Å². The summed E-state index contributed by atoms with van der Waals surface area (Å²) in [5.74, 6) is -0.387. The molecular weight excluding hydrogens is 480 g/mol. The second kappa shape index (κ2) is 8.70. The van der Waals surface area contributed by atoms with Gasteiger partial charge in [-0.3, -0.25) is 29.0 Å². The Labute approximate surface area is 190 Å². The van der Waals surface area contributed by atoms with Crippen LogP contribution in [0.2, 0.25) is 0 Å². The maximum atomic E-state index is 12.2. The number of nitro benzene ring substituents is 1. The molecular formula is C17H20N6O10S. The number of nitro groups is 1. The average molecular weight is 500 g/mol. The molecule has 4 rings (SSSR count). The molecule has 0 aliphatic carbocycles. The number of nitrogens with two attached hydrogens (primary N) is 1. The van der Waals surface area contributed by atoms with E-state index in [-0.39, 0.29) is 17.2 Å². The van der Waals surface area contributed by atoms with Crippen LogP contribution in [0.5, 0.6) is 0 Å². The molecule has 7 N–H and O–H groups in total. The molecule has 3 heterocycles. The molecule has 17 heteroatoms. The van der Waals surface area contributed by atoms with Crippen molar-refractivity contribution in [2.45, 2.75) is 29.8 Å². The Balaban J connectivity index is 0.000000302. The molecule has 1 aliphatic rings. The lowest BCUT2D eigenvalue weighted by Gasteiger charge is -2.36. The Morgan fingerprint density at radius 1 is 1.35 bits per heavy atom. The third-order valence-electron chi connectivity index (χ3n) is 5.12. The van der Waals surface area contributed by atoms with Gasteiger partial charge in [-0.05, 0) is 6.92 Å². The molecule has 0 spiro atoms. The quantitative estimate of drug-likeness (QED) is 0.133. The van der Waals surface area contributed by atoms with E-state index in [9.17, 15) is 43.2 Å². The minimum Gasteiger partial charge on any atom is -0.394 e. The van der Waals surface area contributed by atoms with Crippen LogP contribution in [-0.4, -0.2) is 77.1 Å². The molecule has 1 aromatic carbocycles. The van der Waals surface area contributed by atoms with Gasteiger partial charge in [0.1, 0.15) is 18.5 Å². The predicted octanol–water partition coefficient (Wildman–Crippen LogP) is -1.70. The summed E-state index contributed by atoms with van der Waals surface area (Å²) in [6.45, 7) is 0.0147. The first-order chi connectivity index (χ1) is 15.8. The number of ether oxygens (including phenoxy) is 1. The highest BCUT2D eigenvalue weighted by Gasteiger charge is 2.71. The summed E-state index contributed by atoms with van der Waals surface area (Å²) >= 11 is 0. The van der Waals surface area contributed by atoms with Crippen molar-refractivity contribution in [3.63, 3.8) is 0 Å². The van der Waals surface area contributed by atoms with Gasteiger partial charge in [-0.25, -0.2) is 4.98 Å². The maximum absolute atomic E-state index is 12.2. The molecule has 0 unspecified atom stereocenters. The normalized spacial score (nSPS) is 26.7. The number of aliphatic hydroxyl groups is 3. The number of para-hydroxylation sites is 1. The van der Waals surface area contributed by atoms with Crippen molar-refractivity contribution in [3.8, 4) is 0 Å². The van der Waals surface area contributed by atoms with Crippen molar-refractivity contribution >= 4 is 32.9 Å². The first kappa shape index (κ1) is 25.1. The number of H-pyrrole nitrogens is 1. The number of fused-ring (bicyclic) bond motifs is 1. The van der Waals surface area contributed by atoms with Crippen molar-refractivity contribution in [2.24, 2.45) is 0 Å². The van der Waals surface area contributed by atoms with Crippen LogP contribution in [0, 0.1) is 10.1 Å². The number of aromatic nitrogens is 4. The van der Waals surface area contributed by atoms with Gasteiger partial charge in [0.25, 0.3) is 11.2 Å². The predicted molar refractivity (Wildman–Crippen MR) is 114 cm³/mol. The number of hydrogen-bond acceptors (Lipinski definition) is 12. The molecule has 0 saturated carbocycles. The fourth-order valence-corrected chi connectivity index (χ4v) is 4.78. The number of nitrogen functional groups attached to an aromatic ring is 1. The third kappa shape index (κ3) is 3.89. The summed E-state index contributed by atoms with van der Waals surface area (Å²) < 4.78 is 39.9. The van der Waals surface area contributed by atoms with Gasteiger partial charge in [-0.15, -0.1) is 0 Å². The van der Waals surface area contributed by atoms with Crippen LogP contribution in [0.15, 0.2) is 41.5 Å². The summed E-state index contributed by atoms with van der Waals surface area (Å²) in [5, 5.41) is 37.1. The zero-order valence-electron chi connectivity index (χ0n) is 17.3. The monoisotopic (exact) mass is 500 g/mol. The third-order valence-corrected chi connectivity index (χ3v) is 6.52. The van der Waals surface area contributed by atoms with Crippen molar-refractivity contribution in [1.29, 1.82) is 0 Å². The van der Waals surface area contributed by atoms with E-state index in [0.29, 0.717) is 4.57 Å². The second-order valence-electron chi connectivity index (χ2n) is 7.32. The van der Waals surface area contributed by atoms with Gasteiger partial charge in [0.15, 0.2) is 16.8 Å². The molecule has 0 radical (unpaired) electrons. The maximum Gasteiger partial charge on any atom is 0.319 e. The van der Waals surface area contributed by atoms with E-state index in [2.05, 4.69) is 15.0 Å². The molecule has 1 fully saturated rings. The summed E-state index contributed by atoms with van der Waals surface area (Å²) in [6, 6.07) is 7.93. The van der Waals surface area contributed by atoms with Crippen LogP contribution in [0.1, 0.15) is 6.92 Å². The molecule has 3 aromatic rings. The Bertz CT molecular complexity index is 1370. The Hall–Kier alpha value is -3.48. The minimum atomic E-state index is -5.30. The largest absolute Gasteiger partial charge is 0.394 e. The zero-order chi connectivity index (χ0) is 25.5. The summed E-state index contributed by atoms with van der Waals surface area (Å²) in [4.78, 5) is 31.1. The number of aliphatic hydroxyl groups excluding tert-OH is 2. The van der Waals surface area contributed by atoms with Crippen molar-refractivity contribution in [2.75, 3.05) is 12.3 Å². The number of nitrogens with zero attached hydrogens (tertiary/aromatic N) is 4. The smallest absolute Gasteiger partial charge is 0.319 e. The molecule has 1 saturated heterocycles. The number of non-ortho nitro benzene ring substituents is 1. The van der Waals surface area contributed by atoms with Crippen molar-refractivity contribution < 1.29 is 38.0 Å². The van der Waals surface area contributed by atoms with E-state index < -0.39 is 55.7 Å². The molecule has 2 aromatic heterocycles. The second-order valence-corrected chi connectivity index (χ2v) is 8.82. The highest BCUT2D eigenvalue weighted by molar-refractivity contribution is 7.86. The number of rotatable bonds is 4. The van der Waals surface area contributed by atoms with Gasteiger partial charge >= 0.3 is 15.2 Å². The van der Waals surface area contributed by atoms with Gasteiger partial charge < -0.3 is 25.8 Å². The molecule has 4 atom stereocenters. The number of hydrogen-bond donors (Lipinski definition) is 6. The fourth-order valence-electron chi connectivity index (χ4n) is 3.51. The summed E-state index contributed by atoms with van der Waals surface area (Å²) in [7, 11) is -5.30. The highest BCUT2D eigenvalue weighted by atomic mass is 32.2. The molecule has 184 valence electrons. The standard InChI is InChI=1S/C11H15N5O8S.C6H5NO2/c1-10(20)6(18)4(2-17)24-11(10,25(21,22)23)16-3-13-5-7(16)14-9(12)15-8(5)19;8-7(9)6-4-2-1-3-5-6/h3-4,6,17-18,20H,2H2,1H3,(H,21,22,23)(H3,12,14,15,19);1-5H/t4-,6-,10-,11+;/m1./s1. The van der Waals surface area contributed by atoms with Gasteiger partial charge in [0.05, 0.1) is 11.5 Å². The van der Waals surface area contributed by atoms with Gasteiger partial charge in [-0.1, -0.05) is 18.2 Å². The topological polar surface area (TPSA) is 257 Å². The molecule has 0 amide bonds. The number of aromatic amines is 1. The van der Waals surface area contributed by atoms with E-state index in [0.717, 1.165) is 13.3 Å². The van der Waals surface area contributed by atoms with Gasteiger partial charge in [0, 0.05) is 12.1 Å². The summed E-state index contributed by atoms with van der Waals surface area (Å²) in [5.41, 5.74) is 1.35. The first-order valence-corrected chi connectivity index (χ1v) is 10.8. The number of anilines is 1. The first-order valence-electron chi connectivity index (χ1n) is 9.36. The van der Waals surface area contributed by atoms with E-state index in [1.54, 1.807) is 18.2 Å². The van der Waals surface area contributed by atoms with Crippen LogP contribution in [0.4, 0.5) is 11.6 Å². The Morgan fingerprint density at radius 2 is 1.97 bits per heavy atom. The van der Waals surface area contributed by atoms with Crippen LogP contribution < -0.4 is 11.3 Å². The minimum absolute atomic E-state index is 0.137. The Morgan fingerprint density at radius 3 is 2.44 bits per heavy atom. The highest BCUT2D eigenvalue weighted by Crippen LogP contribution is 2.47. The van der Waals surface area contributed by atoms with E-state index in [1.807, 2.05) is 0 Å². The number of nitrogens with one attached hydrogen (secondary N) is 1. The zero-order valence-corrected chi connectivity index (χ0v) is 18.2. The van der Waals surface area contributed by atoms with Crippen LogP contribution in [0.3, 0.4) is 0 Å². The fraction of sp³-hybridized carbons (Fsp3) is 0.353. The van der Waals surface area contributed by atoms with Crippen molar-refractivity contribution in [1.82, 2.24) is 19.5 Å². The molecule has 16 nitrogen and oxygen atoms in total.